The number of aromatic nitrogens is 1. The molecule has 0 saturated carbocycles. The predicted octanol–water partition coefficient (Wildman–Crippen LogP) is 9.07. The van der Waals surface area contributed by atoms with Gasteiger partial charge < -0.3 is 10.1 Å². The summed E-state index contributed by atoms with van der Waals surface area (Å²) in [5.41, 5.74) is 7.56. The van der Waals surface area contributed by atoms with Gasteiger partial charge in [0.25, 0.3) is 5.91 Å². The Hall–Kier alpha value is -3.50. The van der Waals surface area contributed by atoms with Crippen LogP contribution in [0.2, 0.25) is 5.02 Å². The molecular weight excluding hydrogens is 676 g/mol. The molecule has 0 atom stereocenters. The Morgan fingerprint density at radius 1 is 0.975 bits per heavy atom. The van der Waals surface area contributed by atoms with Crippen molar-refractivity contribution in [1.29, 1.82) is 0 Å². The number of hydrogen-bond donors (Lipinski definition) is 2. The van der Waals surface area contributed by atoms with E-state index in [1.54, 1.807) is 18.3 Å². The molecule has 0 aliphatic rings. The van der Waals surface area contributed by atoms with Crippen molar-refractivity contribution >= 4 is 77.7 Å². The van der Waals surface area contributed by atoms with E-state index in [1.165, 1.54) is 11.3 Å². The standard InChI is InChI=1S/C30H21Br2ClN4O2S/c31-25-14-20(15-26(32)28(25)39-17-19-4-2-1-3-5-19)16-34-37-29(38)22-8-6-21(7-9-22)27-18-40-30(36-27)35-24-12-10-23(33)11-13-24/h1-16,18H,17H2,(H,35,36)(H,37,38)/b34-16-. The lowest BCUT2D eigenvalue weighted by Gasteiger charge is -2.11. The number of carbonyl (C=O) groups excluding carboxylic acids is 1. The van der Waals surface area contributed by atoms with Crippen molar-refractivity contribution in [3.8, 4) is 17.0 Å². The van der Waals surface area contributed by atoms with Crippen LogP contribution in [0.3, 0.4) is 0 Å². The summed E-state index contributed by atoms with van der Waals surface area (Å²) in [5.74, 6) is 0.380. The first-order chi connectivity index (χ1) is 19.4. The summed E-state index contributed by atoms with van der Waals surface area (Å²) in [5, 5.41) is 10.8. The quantitative estimate of drug-likeness (QED) is 0.119. The number of rotatable bonds is 9. The molecular formula is C30H21Br2ClN4O2S. The molecule has 5 rings (SSSR count). The SMILES string of the molecule is O=C(N/N=C\c1cc(Br)c(OCc2ccccc2)c(Br)c1)c1ccc(-c2csc(Nc3ccc(Cl)cc3)n2)cc1. The number of ether oxygens (including phenoxy) is 1. The van der Waals surface area contributed by atoms with Gasteiger partial charge in [-0.3, -0.25) is 4.79 Å². The fourth-order valence-electron chi connectivity index (χ4n) is 3.66. The minimum Gasteiger partial charge on any atom is -0.487 e. The molecule has 0 radical (unpaired) electrons. The zero-order valence-electron chi connectivity index (χ0n) is 20.8. The topological polar surface area (TPSA) is 75.6 Å². The van der Waals surface area contributed by atoms with Crippen molar-refractivity contribution < 1.29 is 9.53 Å². The van der Waals surface area contributed by atoms with Gasteiger partial charge in [-0.1, -0.05) is 54.1 Å². The molecule has 2 N–H and O–H groups in total. The zero-order valence-corrected chi connectivity index (χ0v) is 25.5. The molecule has 1 amide bonds. The lowest BCUT2D eigenvalue weighted by molar-refractivity contribution is 0.0955. The highest BCUT2D eigenvalue weighted by Gasteiger charge is 2.10. The highest BCUT2D eigenvalue weighted by atomic mass is 79.9. The molecule has 0 spiro atoms. The molecule has 1 aromatic heterocycles. The number of thiazole rings is 1. The van der Waals surface area contributed by atoms with E-state index in [2.05, 4.69) is 52.7 Å². The van der Waals surface area contributed by atoms with Crippen LogP contribution in [0.15, 0.2) is 110 Å². The Bertz CT molecular complexity index is 1620. The smallest absolute Gasteiger partial charge is 0.271 e. The van der Waals surface area contributed by atoms with Crippen molar-refractivity contribution in [3.63, 3.8) is 0 Å². The van der Waals surface area contributed by atoms with E-state index >= 15 is 0 Å². The van der Waals surface area contributed by atoms with Crippen molar-refractivity contribution in [1.82, 2.24) is 10.4 Å². The Balaban J connectivity index is 1.17. The molecule has 0 saturated heterocycles. The van der Waals surface area contributed by atoms with Gasteiger partial charge in [0.05, 0.1) is 20.9 Å². The molecule has 0 aliphatic heterocycles. The van der Waals surface area contributed by atoms with E-state index < -0.39 is 0 Å². The second-order valence-corrected chi connectivity index (χ2v) is 11.5. The number of halogens is 3. The Kier molecular flexibility index (Phi) is 9.28. The van der Waals surface area contributed by atoms with Crippen LogP contribution in [0.4, 0.5) is 10.8 Å². The van der Waals surface area contributed by atoms with Crippen molar-refractivity contribution in [2.45, 2.75) is 6.61 Å². The summed E-state index contributed by atoms with van der Waals surface area (Å²) in [6.07, 6.45) is 1.58. The lowest BCUT2D eigenvalue weighted by atomic mass is 10.1. The van der Waals surface area contributed by atoms with E-state index in [1.807, 2.05) is 84.2 Å². The largest absolute Gasteiger partial charge is 0.487 e. The van der Waals surface area contributed by atoms with Crippen LogP contribution in [0, 0.1) is 0 Å². The summed E-state index contributed by atoms with van der Waals surface area (Å²) in [6, 6.07) is 28.3. The van der Waals surface area contributed by atoms with E-state index in [-0.39, 0.29) is 5.91 Å². The van der Waals surface area contributed by atoms with E-state index in [4.69, 9.17) is 16.3 Å². The first-order valence-corrected chi connectivity index (χ1v) is 14.9. The van der Waals surface area contributed by atoms with Crippen LogP contribution >= 0.6 is 54.8 Å². The summed E-state index contributed by atoms with van der Waals surface area (Å²) in [7, 11) is 0. The third kappa shape index (κ3) is 7.37. The molecule has 5 aromatic rings. The van der Waals surface area contributed by atoms with Gasteiger partial charge in [0.15, 0.2) is 5.13 Å². The van der Waals surface area contributed by atoms with Gasteiger partial charge in [0.2, 0.25) is 0 Å². The molecule has 10 heteroatoms. The minimum absolute atomic E-state index is 0.313. The molecule has 0 aliphatic carbocycles. The highest BCUT2D eigenvalue weighted by molar-refractivity contribution is 9.11. The number of carbonyl (C=O) groups is 1. The van der Waals surface area contributed by atoms with Crippen LogP contribution in [0.25, 0.3) is 11.3 Å². The van der Waals surface area contributed by atoms with Gasteiger partial charge in [0, 0.05) is 27.2 Å². The molecule has 4 aromatic carbocycles. The molecule has 0 fully saturated rings. The Labute approximate surface area is 257 Å². The number of hydrogen-bond acceptors (Lipinski definition) is 6. The van der Waals surface area contributed by atoms with E-state index in [9.17, 15) is 4.79 Å². The summed E-state index contributed by atoms with van der Waals surface area (Å²) in [4.78, 5) is 17.3. The fraction of sp³-hybridized carbons (Fsp3) is 0.0333. The molecule has 40 heavy (non-hydrogen) atoms. The molecule has 1 heterocycles. The van der Waals surface area contributed by atoms with E-state index in [0.717, 1.165) is 42.1 Å². The van der Waals surface area contributed by atoms with Crippen molar-refractivity contribution in [2.75, 3.05) is 5.32 Å². The maximum absolute atomic E-state index is 12.6. The van der Waals surface area contributed by atoms with Crippen molar-refractivity contribution in [3.05, 3.63) is 127 Å². The molecule has 0 bridgehead atoms. The van der Waals surface area contributed by atoms with Crippen LogP contribution in [-0.4, -0.2) is 17.1 Å². The molecule has 6 nitrogen and oxygen atoms in total. The van der Waals surface area contributed by atoms with Crippen molar-refractivity contribution in [2.24, 2.45) is 5.10 Å². The van der Waals surface area contributed by atoms with E-state index in [0.29, 0.717) is 22.9 Å². The van der Waals surface area contributed by atoms with Gasteiger partial charge in [0.1, 0.15) is 12.4 Å². The maximum Gasteiger partial charge on any atom is 0.271 e. The summed E-state index contributed by atoms with van der Waals surface area (Å²) in [6.45, 7) is 0.449. The second kappa shape index (κ2) is 13.2. The third-order valence-electron chi connectivity index (χ3n) is 5.67. The Morgan fingerprint density at radius 3 is 2.38 bits per heavy atom. The first-order valence-electron chi connectivity index (χ1n) is 12.0. The highest BCUT2D eigenvalue weighted by Crippen LogP contribution is 2.35. The number of benzene rings is 4. The number of nitrogens with one attached hydrogen (secondary N) is 2. The first kappa shape index (κ1) is 28.0. The monoisotopic (exact) mass is 694 g/mol. The van der Waals surface area contributed by atoms with Gasteiger partial charge in [-0.25, -0.2) is 10.4 Å². The molecule has 0 unspecified atom stereocenters. The van der Waals surface area contributed by atoms with Gasteiger partial charge in [-0.2, -0.15) is 5.10 Å². The number of anilines is 2. The summed E-state index contributed by atoms with van der Waals surface area (Å²) >= 11 is 14.6. The van der Waals surface area contributed by atoms with Crippen LogP contribution in [0.1, 0.15) is 21.5 Å². The second-order valence-electron chi connectivity index (χ2n) is 8.53. The summed E-state index contributed by atoms with van der Waals surface area (Å²) < 4.78 is 7.51. The number of amides is 1. The van der Waals surface area contributed by atoms with Gasteiger partial charge >= 0.3 is 0 Å². The normalized spacial score (nSPS) is 11.0. The van der Waals surface area contributed by atoms with Gasteiger partial charge in [-0.05, 0) is 91.5 Å². The predicted molar refractivity (Wildman–Crippen MR) is 170 cm³/mol. The maximum atomic E-state index is 12.6. The number of nitrogens with zero attached hydrogens (tertiary/aromatic N) is 2. The third-order valence-corrected chi connectivity index (χ3v) is 7.86. The lowest BCUT2D eigenvalue weighted by Crippen LogP contribution is -2.17. The zero-order chi connectivity index (χ0) is 27.9. The minimum atomic E-state index is -0.313. The fourth-order valence-corrected chi connectivity index (χ4v) is 5.98. The van der Waals surface area contributed by atoms with Crippen LogP contribution in [0.5, 0.6) is 5.75 Å². The van der Waals surface area contributed by atoms with Gasteiger partial charge in [-0.15, -0.1) is 11.3 Å². The average Bonchev–Trinajstić information content (AvgIpc) is 3.43. The number of hydrazone groups is 1. The van der Waals surface area contributed by atoms with Crippen LogP contribution in [-0.2, 0) is 6.61 Å². The Morgan fingerprint density at radius 2 is 1.68 bits per heavy atom. The average molecular weight is 697 g/mol. The van der Waals surface area contributed by atoms with Crippen LogP contribution < -0.4 is 15.5 Å². The molecule has 200 valence electrons.